The second kappa shape index (κ2) is 6.26. The fraction of sp³-hybridized carbons (Fsp3) is 0.385. The molecule has 0 saturated heterocycles. The molecule has 4 nitrogen and oxygen atoms in total. The predicted octanol–water partition coefficient (Wildman–Crippen LogP) is 2.85. The lowest BCUT2D eigenvalue weighted by atomic mass is 9.85. The number of hydrogen-bond donors (Lipinski definition) is 2. The quantitative estimate of drug-likeness (QED) is 0.898. The maximum Gasteiger partial charge on any atom is 0.243 e. The van der Waals surface area contributed by atoms with E-state index in [2.05, 4.69) is 10.6 Å². The molecule has 0 atom stereocenters. The number of anilines is 1. The van der Waals surface area contributed by atoms with Crippen LogP contribution in [0.25, 0.3) is 0 Å². The van der Waals surface area contributed by atoms with Gasteiger partial charge in [0.25, 0.3) is 0 Å². The molecule has 1 fully saturated rings. The zero-order valence-electron chi connectivity index (χ0n) is 10.2. The Morgan fingerprint density at radius 2 is 2.00 bits per heavy atom. The second-order valence-electron chi connectivity index (χ2n) is 4.52. The van der Waals surface area contributed by atoms with Crippen LogP contribution in [0, 0.1) is 5.92 Å². The molecular formula is C13H14Cl2N2O2. The van der Waals surface area contributed by atoms with Crippen molar-refractivity contribution in [2.45, 2.75) is 19.3 Å². The molecular weight excluding hydrogens is 287 g/mol. The van der Waals surface area contributed by atoms with Gasteiger partial charge in [-0.1, -0.05) is 29.6 Å². The van der Waals surface area contributed by atoms with Crippen molar-refractivity contribution in [2.75, 3.05) is 11.9 Å². The first-order valence-corrected chi connectivity index (χ1v) is 6.84. The van der Waals surface area contributed by atoms with E-state index in [0.717, 1.165) is 19.3 Å². The molecule has 1 aliphatic carbocycles. The van der Waals surface area contributed by atoms with Crippen LogP contribution in [0.5, 0.6) is 0 Å². The highest BCUT2D eigenvalue weighted by molar-refractivity contribution is 6.36. The van der Waals surface area contributed by atoms with Crippen LogP contribution in [0.2, 0.25) is 10.0 Å². The average Bonchev–Trinajstić information content (AvgIpc) is 2.28. The number of halogens is 2. The highest BCUT2D eigenvalue weighted by Gasteiger charge is 2.25. The first-order chi connectivity index (χ1) is 9.06. The van der Waals surface area contributed by atoms with E-state index in [4.69, 9.17) is 23.2 Å². The molecule has 1 aromatic rings. The summed E-state index contributed by atoms with van der Waals surface area (Å²) in [5, 5.41) is 6.11. The lowest BCUT2D eigenvalue weighted by Gasteiger charge is -2.23. The highest BCUT2D eigenvalue weighted by atomic mass is 35.5. The van der Waals surface area contributed by atoms with Gasteiger partial charge in [0.05, 0.1) is 17.3 Å². The summed E-state index contributed by atoms with van der Waals surface area (Å²) in [6.45, 7) is -0.0473. The fourth-order valence-corrected chi connectivity index (χ4v) is 2.22. The first kappa shape index (κ1) is 14.2. The Labute approximate surface area is 121 Å². The average molecular weight is 301 g/mol. The van der Waals surface area contributed by atoms with E-state index in [0.29, 0.717) is 15.7 Å². The van der Waals surface area contributed by atoms with Crippen LogP contribution in [0.15, 0.2) is 18.2 Å². The Kier molecular flexibility index (Phi) is 4.66. The standard InChI is InChI=1S/C13H14Cl2N2O2/c14-9-4-5-11(10(15)6-9)17-12(18)7-16-13(19)8-2-1-3-8/h4-6,8H,1-3,7H2,(H,16,19)(H,17,18). The molecule has 6 heteroatoms. The van der Waals surface area contributed by atoms with Crippen LogP contribution in [0.4, 0.5) is 5.69 Å². The molecule has 1 aliphatic rings. The van der Waals surface area contributed by atoms with Gasteiger partial charge in [-0.25, -0.2) is 0 Å². The molecule has 1 saturated carbocycles. The fourth-order valence-electron chi connectivity index (χ4n) is 1.77. The molecule has 0 heterocycles. The Hall–Kier alpha value is -1.26. The summed E-state index contributed by atoms with van der Waals surface area (Å²) in [5.74, 6) is -0.285. The van der Waals surface area contributed by atoms with Crippen LogP contribution < -0.4 is 10.6 Å². The minimum absolute atomic E-state index is 0.0473. The summed E-state index contributed by atoms with van der Waals surface area (Å²) in [6.07, 6.45) is 2.91. The summed E-state index contributed by atoms with van der Waals surface area (Å²) >= 11 is 11.7. The molecule has 0 bridgehead atoms. The van der Waals surface area contributed by atoms with Gasteiger partial charge >= 0.3 is 0 Å². The lowest BCUT2D eigenvalue weighted by molar-refractivity contribution is -0.129. The third kappa shape index (κ3) is 3.85. The smallest absolute Gasteiger partial charge is 0.243 e. The number of nitrogens with one attached hydrogen (secondary N) is 2. The summed E-state index contributed by atoms with van der Waals surface area (Å²) < 4.78 is 0. The molecule has 2 N–H and O–H groups in total. The van der Waals surface area contributed by atoms with Crippen molar-refractivity contribution < 1.29 is 9.59 Å². The van der Waals surface area contributed by atoms with Gasteiger partial charge in [0.1, 0.15) is 0 Å². The third-order valence-corrected chi connectivity index (χ3v) is 3.65. The molecule has 0 aromatic heterocycles. The van der Waals surface area contributed by atoms with Crippen molar-refractivity contribution >= 4 is 40.7 Å². The number of amides is 2. The van der Waals surface area contributed by atoms with E-state index >= 15 is 0 Å². The predicted molar refractivity (Wildman–Crippen MR) is 75.4 cm³/mol. The summed E-state index contributed by atoms with van der Waals surface area (Å²) in [4.78, 5) is 23.2. The molecule has 0 aliphatic heterocycles. The zero-order chi connectivity index (χ0) is 13.8. The van der Waals surface area contributed by atoms with E-state index in [1.165, 1.54) is 0 Å². The number of rotatable bonds is 4. The highest BCUT2D eigenvalue weighted by Crippen LogP contribution is 2.26. The van der Waals surface area contributed by atoms with Crippen molar-refractivity contribution in [3.05, 3.63) is 28.2 Å². The zero-order valence-corrected chi connectivity index (χ0v) is 11.7. The van der Waals surface area contributed by atoms with Crippen LogP contribution in [0.3, 0.4) is 0 Å². The van der Waals surface area contributed by atoms with E-state index in [1.807, 2.05) is 0 Å². The third-order valence-electron chi connectivity index (χ3n) is 3.10. The van der Waals surface area contributed by atoms with Gasteiger partial charge < -0.3 is 10.6 Å². The number of carbonyl (C=O) groups excluding carboxylic acids is 2. The van der Waals surface area contributed by atoms with Gasteiger partial charge in [0.15, 0.2) is 0 Å². The van der Waals surface area contributed by atoms with Crippen molar-refractivity contribution in [3.63, 3.8) is 0 Å². The largest absolute Gasteiger partial charge is 0.347 e. The normalized spacial score (nSPS) is 14.6. The Morgan fingerprint density at radius 3 is 2.58 bits per heavy atom. The Bertz CT molecular complexity index is 501. The summed E-state index contributed by atoms with van der Waals surface area (Å²) in [7, 11) is 0. The van der Waals surface area contributed by atoms with Crippen molar-refractivity contribution in [1.82, 2.24) is 5.32 Å². The summed E-state index contributed by atoms with van der Waals surface area (Å²) in [6, 6.07) is 4.80. The molecule has 102 valence electrons. The summed E-state index contributed by atoms with van der Waals surface area (Å²) in [5.41, 5.74) is 0.481. The molecule has 0 unspecified atom stereocenters. The molecule has 1 aromatic carbocycles. The molecule has 19 heavy (non-hydrogen) atoms. The van der Waals surface area contributed by atoms with E-state index in [-0.39, 0.29) is 24.3 Å². The number of benzene rings is 1. The maximum absolute atomic E-state index is 11.7. The Morgan fingerprint density at radius 1 is 1.26 bits per heavy atom. The molecule has 2 rings (SSSR count). The Balaban J connectivity index is 1.81. The van der Waals surface area contributed by atoms with Gasteiger partial charge in [-0.15, -0.1) is 0 Å². The van der Waals surface area contributed by atoms with Gasteiger partial charge in [0, 0.05) is 10.9 Å². The van der Waals surface area contributed by atoms with E-state index in [9.17, 15) is 9.59 Å². The van der Waals surface area contributed by atoms with Gasteiger partial charge in [-0.2, -0.15) is 0 Å². The molecule has 0 radical (unpaired) electrons. The minimum atomic E-state index is -0.308. The second-order valence-corrected chi connectivity index (χ2v) is 5.36. The van der Waals surface area contributed by atoms with Crippen LogP contribution in [-0.2, 0) is 9.59 Å². The van der Waals surface area contributed by atoms with Crippen molar-refractivity contribution in [3.8, 4) is 0 Å². The van der Waals surface area contributed by atoms with E-state index < -0.39 is 0 Å². The first-order valence-electron chi connectivity index (χ1n) is 6.09. The van der Waals surface area contributed by atoms with Crippen LogP contribution >= 0.6 is 23.2 Å². The number of hydrogen-bond acceptors (Lipinski definition) is 2. The maximum atomic E-state index is 11.7. The minimum Gasteiger partial charge on any atom is -0.347 e. The van der Waals surface area contributed by atoms with Crippen molar-refractivity contribution in [2.24, 2.45) is 5.92 Å². The molecule has 0 spiro atoms. The SMILES string of the molecule is O=C(CNC(=O)C1CCC1)Nc1ccc(Cl)cc1Cl. The van der Waals surface area contributed by atoms with Crippen LogP contribution in [0.1, 0.15) is 19.3 Å². The lowest BCUT2D eigenvalue weighted by Crippen LogP contribution is -2.39. The molecule has 2 amide bonds. The van der Waals surface area contributed by atoms with Crippen molar-refractivity contribution in [1.29, 1.82) is 0 Å². The van der Waals surface area contributed by atoms with Gasteiger partial charge in [-0.05, 0) is 31.0 Å². The van der Waals surface area contributed by atoms with E-state index in [1.54, 1.807) is 18.2 Å². The van der Waals surface area contributed by atoms with Gasteiger partial charge in [0.2, 0.25) is 11.8 Å². The van der Waals surface area contributed by atoms with Gasteiger partial charge in [-0.3, -0.25) is 9.59 Å². The topological polar surface area (TPSA) is 58.2 Å². The number of carbonyl (C=O) groups is 2. The monoisotopic (exact) mass is 300 g/mol. The van der Waals surface area contributed by atoms with Crippen LogP contribution in [-0.4, -0.2) is 18.4 Å².